The Morgan fingerprint density at radius 1 is 1.55 bits per heavy atom. The van der Waals surface area contributed by atoms with E-state index in [1.54, 1.807) is 6.20 Å². The minimum absolute atomic E-state index is 0.406. The van der Waals surface area contributed by atoms with Crippen molar-refractivity contribution in [3.63, 3.8) is 0 Å². The van der Waals surface area contributed by atoms with Crippen LogP contribution in [0.5, 0.6) is 0 Å². The second-order valence-corrected chi connectivity index (χ2v) is 2.63. The van der Waals surface area contributed by atoms with Crippen LogP contribution in [0.3, 0.4) is 0 Å². The molecule has 0 aliphatic heterocycles. The van der Waals surface area contributed by atoms with Crippen molar-refractivity contribution in [1.29, 1.82) is 0 Å². The van der Waals surface area contributed by atoms with E-state index in [0.29, 0.717) is 6.42 Å². The van der Waals surface area contributed by atoms with E-state index < -0.39 is 6.10 Å². The molecule has 11 heavy (non-hydrogen) atoms. The molecule has 1 aliphatic carbocycles. The van der Waals surface area contributed by atoms with Gasteiger partial charge in [0.2, 0.25) is 0 Å². The van der Waals surface area contributed by atoms with Crippen molar-refractivity contribution in [2.45, 2.75) is 12.5 Å². The molecule has 2 nitrogen and oxygen atoms in total. The lowest BCUT2D eigenvalue weighted by molar-refractivity contribution is 0.175. The number of nitrogens with zero attached hydrogens (tertiary/aromatic N) is 1. The van der Waals surface area contributed by atoms with Crippen LogP contribution in [0.4, 0.5) is 0 Å². The number of aliphatic hydroxyl groups excluding tert-OH is 1. The van der Waals surface area contributed by atoms with Crippen molar-refractivity contribution in [3.05, 3.63) is 35.7 Å². The Kier molecular flexibility index (Phi) is 1.47. The van der Waals surface area contributed by atoms with Gasteiger partial charge in [-0.1, -0.05) is 18.2 Å². The number of pyridine rings is 1. The third-order valence-corrected chi connectivity index (χ3v) is 1.84. The Labute approximate surface area is 65.2 Å². The van der Waals surface area contributed by atoms with Crippen molar-refractivity contribution in [1.82, 2.24) is 4.98 Å². The number of hydrogen-bond donors (Lipinski definition) is 1. The summed E-state index contributed by atoms with van der Waals surface area (Å²) in [5.41, 5.74) is 1.83. The average Bonchev–Trinajstić information content (AvgIpc) is 2.06. The number of hydrogen-bond acceptors (Lipinski definition) is 2. The summed E-state index contributed by atoms with van der Waals surface area (Å²) in [5.74, 6) is 0. The van der Waals surface area contributed by atoms with Crippen LogP contribution in [-0.2, 0) is 0 Å². The molecule has 1 N–H and O–H groups in total. The maximum atomic E-state index is 9.45. The second-order valence-electron chi connectivity index (χ2n) is 2.63. The van der Waals surface area contributed by atoms with E-state index in [1.165, 1.54) is 0 Å². The molecule has 0 bridgehead atoms. The van der Waals surface area contributed by atoms with Gasteiger partial charge in [-0.3, -0.25) is 4.98 Å². The van der Waals surface area contributed by atoms with Gasteiger partial charge in [0.25, 0.3) is 0 Å². The van der Waals surface area contributed by atoms with Gasteiger partial charge in [0.05, 0.1) is 11.8 Å². The average molecular weight is 147 g/mol. The highest BCUT2D eigenvalue weighted by Crippen LogP contribution is 2.24. The van der Waals surface area contributed by atoms with Crippen molar-refractivity contribution in [3.8, 4) is 0 Å². The van der Waals surface area contributed by atoms with E-state index in [0.717, 1.165) is 11.3 Å². The van der Waals surface area contributed by atoms with Crippen LogP contribution in [0.1, 0.15) is 23.8 Å². The van der Waals surface area contributed by atoms with Gasteiger partial charge in [0.15, 0.2) is 0 Å². The Hall–Kier alpha value is -1.15. The molecule has 2 rings (SSSR count). The molecular formula is C9H9NO. The van der Waals surface area contributed by atoms with Crippen molar-refractivity contribution >= 4 is 6.08 Å². The lowest BCUT2D eigenvalue weighted by Gasteiger charge is -2.14. The van der Waals surface area contributed by atoms with Gasteiger partial charge in [-0.15, -0.1) is 0 Å². The van der Waals surface area contributed by atoms with Crippen LogP contribution in [0.25, 0.3) is 6.08 Å². The maximum Gasteiger partial charge on any atom is 0.1000 e. The predicted molar refractivity (Wildman–Crippen MR) is 42.8 cm³/mol. The molecule has 1 aromatic heterocycles. The van der Waals surface area contributed by atoms with Gasteiger partial charge in [-0.25, -0.2) is 0 Å². The summed E-state index contributed by atoms with van der Waals surface area (Å²) in [4.78, 5) is 4.10. The lowest BCUT2D eigenvalue weighted by Crippen LogP contribution is -2.04. The summed E-state index contributed by atoms with van der Waals surface area (Å²) in [6.45, 7) is 0. The normalized spacial score (nSPS) is 21.4. The second kappa shape index (κ2) is 2.47. The van der Waals surface area contributed by atoms with Crippen LogP contribution in [0.15, 0.2) is 24.4 Å². The minimum Gasteiger partial charge on any atom is -0.386 e. The fourth-order valence-electron chi connectivity index (χ4n) is 1.28. The molecule has 56 valence electrons. The quantitative estimate of drug-likeness (QED) is 0.603. The summed E-state index contributed by atoms with van der Waals surface area (Å²) >= 11 is 0. The molecule has 0 fully saturated rings. The molecule has 1 aliphatic rings. The SMILES string of the molecule is O[C@H]1CC=Cc2cccnc21. The highest BCUT2D eigenvalue weighted by molar-refractivity contribution is 5.54. The first-order valence-corrected chi connectivity index (χ1v) is 3.67. The summed E-state index contributed by atoms with van der Waals surface area (Å²) in [6, 6.07) is 3.84. The molecule has 0 amide bonds. The van der Waals surface area contributed by atoms with Gasteiger partial charge >= 0.3 is 0 Å². The molecule has 1 atom stereocenters. The summed E-state index contributed by atoms with van der Waals surface area (Å²) in [5, 5.41) is 9.45. The van der Waals surface area contributed by atoms with Crippen LogP contribution in [0.2, 0.25) is 0 Å². The van der Waals surface area contributed by atoms with E-state index in [2.05, 4.69) is 4.98 Å². The topological polar surface area (TPSA) is 33.1 Å². The molecule has 1 heterocycles. The fourth-order valence-corrected chi connectivity index (χ4v) is 1.28. The lowest BCUT2D eigenvalue weighted by atomic mass is 10.0. The molecule has 1 aromatic rings. The first kappa shape index (κ1) is 6.55. The van der Waals surface area contributed by atoms with Crippen LogP contribution < -0.4 is 0 Å². The molecule has 2 heteroatoms. The third-order valence-electron chi connectivity index (χ3n) is 1.84. The smallest absolute Gasteiger partial charge is 0.1000 e. The highest BCUT2D eigenvalue weighted by Gasteiger charge is 2.13. The molecular weight excluding hydrogens is 138 g/mol. The first-order chi connectivity index (χ1) is 5.38. The summed E-state index contributed by atoms with van der Waals surface area (Å²) < 4.78 is 0. The molecule has 0 saturated carbocycles. The first-order valence-electron chi connectivity index (χ1n) is 3.67. The molecule has 0 unspecified atom stereocenters. The maximum absolute atomic E-state index is 9.45. The van der Waals surface area contributed by atoms with Crippen molar-refractivity contribution < 1.29 is 5.11 Å². The van der Waals surface area contributed by atoms with E-state index in [1.807, 2.05) is 24.3 Å². The molecule has 0 spiro atoms. The van der Waals surface area contributed by atoms with Gasteiger partial charge < -0.3 is 5.11 Å². The van der Waals surface area contributed by atoms with Gasteiger partial charge in [-0.05, 0) is 18.1 Å². The van der Waals surface area contributed by atoms with E-state index in [4.69, 9.17) is 0 Å². The standard InChI is InChI=1S/C9H9NO/c11-8-5-1-3-7-4-2-6-10-9(7)8/h1-4,6,8,11H,5H2/t8-/m0/s1. The Morgan fingerprint density at radius 3 is 3.27 bits per heavy atom. The van der Waals surface area contributed by atoms with Crippen LogP contribution in [0, 0.1) is 0 Å². The number of fused-ring (bicyclic) bond motifs is 1. The fraction of sp³-hybridized carbons (Fsp3) is 0.222. The van der Waals surface area contributed by atoms with Gasteiger partial charge in [0.1, 0.15) is 0 Å². The zero-order valence-corrected chi connectivity index (χ0v) is 6.07. The summed E-state index contributed by atoms with van der Waals surface area (Å²) in [6.07, 6.45) is 5.95. The largest absolute Gasteiger partial charge is 0.386 e. The minimum atomic E-state index is -0.406. The van der Waals surface area contributed by atoms with Crippen molar-refractivity contribution in [2.75, 3.05) is 0 Å². The Bertz CT molecular complexity index is 293. The zero-order chi connectivity index (χ0) is 7.68. The van der Waals surface area contributed by atoms with Crippen LogP contribution >= 0.6 is 0 Å². The van der Waals surface area contributed by atoms with Gasteiger partial charge in [-0.2, -0.15) is 0 Å². The zero-order valence-electron chi connectivity index (χ0n) is 6.07. The monoisotopic (exact) mass is 147 g/mol. The Morgan fingerprint density at radius 2 is 2.45 bits per heavy atom. The Balaban J connectivity index is 2.54. The molecule has 0 saturated heterocycles. The van der Waals surface area contributed by atoms with E-state index in [-0.39, 0.29) is 0 Å². The molecule has 0 radical (unpaired) electrons. The van der Waals surface area contributed by atoms with E-state index >= 15 is 0 Å². The molecule has 0 aromatic carbocycles. The van der Waals surface area contributed by atoms with Crippen molar-refractivity contribution in [2.24, 2.45) is 0 Å². The van der Waals surface area contributed by atoms with Gasteiger partial charge in [0, 0.05) is 6.20 Å². The predicted octanol–water partition coefficient (Wildman–Crippen LogP) is 1.53. The van der Waals surface area contributed by atoms with E-state index in [9.17, 15) is 5.11 Å². The summed E-state index contributed by atoms with van der Waals surface area (Å²) in [7, 11) is 0. The van der Waals surface area contributed by atoms with Crippen LogP contribution in [-0.4, -0.2) is 10.1 Å². The number of aromatic nitrogens is 1. The third kappa shape index (κ3) is 1.05. The number of aliphatic hydroxyl groups is 1. The highest BCUT2D eigenvalue weighted by atomic mass is 16.3. The number of rotatable bonds is 0.